The average Bonchev–Trinajstić information content (AvgIpc) is 2.74. The van der Waals surface area contributed by atoms with E-state index in [1.807, 2.05) is 18.2 Å². The monoisotopic (exact) mass is 435 g/mol. The summed E-state index contributed by atoms with van der Waals surface area (Å²) < 4.78 is 2.27. The Hall–Kier alpha value is 0.130. The summed E-state index contributed by atoms with van der Waals surface area (Å²) in [6, 6.07) is 8.34. The molecule has 5 heteroatoms. The third-order valence-electron chi connectivity index (χ3n) is 3.03. The molecule has 0 aliphatic carbocycles. The molecule has 0 radical (unpaired) electrons. The largest absolute Gasteiger partial charge is 0.306 e. The van der Waals surface area contributed by atoms with Crippen LogP contribution in [0.3, 0.4) is 0 Å². The number of hydrogen-bond donors (Lipinski definition) is 1. The summed E-state index contributed by atoms with van der Waals surface area (Å²) >= 11 is 15.2. The molecule has 0 spiro atoms. The van der Waals surface area contributed by atoms with Gasteiger partial charge in [-0.2, -0.15) is 0 Å². The van der Waals surface area contributed by atoms with Crippen molar-refractivity contribution in [3.8, 4) is 0 Å². The first-order valence-electron chi connectivity index (χ1n) is 6.47. The van der Waals surface area contributed by atoms with Crippen LogP contribution in [0.15, 0.2) is 32.5 Å². The minimum absolute atomic E-state index is 0.165. The van der Waals surface area contributed by atoms with Gasteiger partial charge in [0.2, 0.25) is 0 Å². The van der Waals surface area contributed by atoms with E-state index in [1.54, 1.807) is 11.3 Å². The van der Waals surface area contributed by atoms with Crippen LogP contribution in [-0.2, 0) is 0 Å². The van der Waals surface area contributed by atoms with Crippen LogP contribution in [0.25, 0.3) is 0 Å². The third kappa shape index (κ3) is 3.86. The first kappa shape index (κ1) is 16.5. The summed E-state index contributed by atoms with van der Waals surface area (Å²) in [7, 11) is 0. The van der Waals surface area contributed by atoms with Crippen LogP contribution in [0.2, 0.25) is 5.02 Å². The second-order valence-electron chi connectivity index (χ2n) is 4.66. The zero-order chi connectivity index (χ0) is 14.7. The molecule has 0 aliphatic rings. The average molecular weight is 438 g/mol. The molecule has 20 heavy (non-hydrogen) atoms. The lowest BCUT2D eigenvalue weighted by molar-refractivity contribution is 0.604. The van der Waals surface area contributed by atoms with Crippen molar-refractivity contribution < 1.29 is 0 Å². The molecule has 1 nitrogen and oxygen atoms in total. The fourth-order valence-electron chi connectivity index (χ4n) is 2.01. The molecule has 1 heterocycles. The zero-order valence-corrected chi connectivity index (χ0v) is 16.1. The summed E-state index contributed by atoms with van der Waals surface area (Å²) in [5.41, 5.74) is 2.45. The molecule has 0 aliphatic heterocycles. The maximum Gasteiger partial charge on any atom is 0.0731 e. The highest BCUT2D eigenvalue weighted by Gasteiger charge is 2.19. The van der Waals surface area contributed by atoms with Gasteiger partial charge in [-0.25, -0.2) is 0 Å². The predicted molar refractivity (Wildman–Crippen MR) is 96.0 cm³/mol. The Balaban J connectivity index is 2.43. The first-order valence-corrected chi connectivity index (χ1v) is 9.25. The molecule has 0 fully saturated rings. The molecule has 0 amide bonds. The van der Waals surface area contributed by atoms with Gasteiger partial charge < -0.3 is 5.32 Å². The van der Waals surface area contributed by atoms with Crippen molar-refractivity contribution >= 4 is 54.8 Å². The standard InChI is InChI=1S/C15H16Br2ClNS/c1-3-6-19-14(13-7-9(2)15(17)20-13)11-8-10(18)4-5-12(11)16/h4-5,7-8,14,19H,3,6H2,1-2H3. The van der Waals surface area contributed by atoms with Crippen molar-refractivity contribution in [3.63, 3.8) is 0 Å². The molecule has 0 saturated heterocycles. The number of thiophene rings is 1. The van der Waals surface area contributed by atoms with Gasteiger partial charge in [-0.15, -0.1) is 11.3 Å². The van der Waals surface area contributed by atoms with Crippen LogP contribution in [0.1, 0.15) is 35.4 Å². The summed E-state index contributed by atoms with van der Waals surface area (Å²) in [6.45, 7) is 5.26. The Bertz CT molecular complexity index is 578. The highest BCUT2D eigenvalue weighted by Crippen LogP contribution is 2.37. The van der Waals surface area contributed by atoms with Gasteiger partial charge in [0, 0.05) is 14.4 Å². The van der Waals surface area contributed by atoms with Crippen molar-refractivity contribution in [1.29, 1.82) is 0 Å². The molecule has 2 rings (SSSR count). The molecular formula is C15H16Br2ClNS. The second kappa shape index (κ2) is 7.41. The van der Waals surface area contributed by atoms with Gasteiger partial charge >= 0.3 is 0 Å². The Morgan fingerprint density at radius 1 is 1.30 bits per heavy atom. The topological polar surface area (TPSA) is 12.0 Å². The molecule has 0 bridgehead atoms. The van der Waals surface area contributed by atoms with Gasteiger partial charge in [0.1, 0.15) is 0 Å². The van der Waals surface area contributed by atoms with Crippen molar-refractivity contribution in [2.24, 2.45) is 0 Å². The van der Waals surface area contributed by atoms with Crippen LogP contribution < -0.4 is 5.32 Å². The van der Waals surface area contributed by atoms with Crippen LogP contribution in [0.5, 0.6) is 0 Å². The molecule has 0 saturated carbocycles. The summed E-state index contributed by atoms with van der Waals surface area (Å²) in [4.78, 5) is 1.30. The minimum Gasteiger partial charge on any atom is -0.306 e. The highest BCUT2D eigenvalue weighted by atomic mass is 79.9. The fraction of sp³-hybridized carbons (Fsp3) is 0.333. The first-order chi connectivity index (χ1) is 9.52. The SMILES string of the molecule is CCCNC(c1cc(C)c(Br)s1)c1cc(Cl)ccc1Br. The van der Waals surface area contributed by atoms with Crippen molar-refractivity contribution in [2.75, 3.05) is 6.54 Å². The number of nitrogens with one attached hydrogen (secondary N) is 1. The predicted octanol–water partition coefficient (Wildman–Crippen LogP) is 6.32. The van der Waals surface area contributed by atoms with E-state index in [0.29, 0.717) is 0 Å². The van der Waals surface area contributed by atoms with E-state index in [9.17, 15) is 0 Å². The molecule has 1 unspecified atom stereocenters. The van der Waals surface area contributed by atoms with E-state index in [2.05, 4.69) is 57.1 Å². The van der Waals surface area contributed by atoms with Gasteiger partial charge in [0.25, 0.3) is 0 Å². The quantitative estimate of drug-likeness (QED) is 0.577. The van der Waals surface area contributed by atoms with Crippen molar-refractivity contribution in [3.05, 3.63) is 53.6 Å². The highest BCUT2D eigenvalue weighted by molar-refractivity contribution is 9.11. The molecule has 1 N–H and O–H groups in total. The Morgan fingerprint density at radius 2 is 2.05 bits per heavy atom. The Labute approximate surface area is 146 Å². The van der Waals surface area contributed by atoms with Crippen LogP contribution in [-0.4, -0.2) is 6.54 Å². The maximum absolute atomic E-state index is 6.16. The summed E-state index contributed by atoms with van der Waals surface area (Å²) in [6.07, 6.45) is 1.10. The number of halogens is 3. The fourth-order valence-corrected chi connectivity index (χ4v) is 4.34. The number of aryl methyl sites for hydroxylation is 1. The smallest absolute Gasteiger partial charge is 0.0731 e. The van der Waals surface area contributed by atoms with E-state index in [-0.39, 0.29) is 6.04 Å². The number of rotatable bonds is 5. The van der Waals surface area contributed by atoms with Gasteiger partial charge in [-0.1, -0.05) is 34.5 Å². The van der Waals surface area contributed by atoms with Crippen LogP contribution in [0.4, 0.5) is 0 Å². The Morgan fingerprint density at radius 3 is 2.65 bits per heavy atom. The van der Waals surface area contributed by atoms with E-state index in [0.717, 1.165) is 22.5 Å². The Kier molecular flexibility index (Phi) is 6.11. The van der Waals surface area contributed by atoms with Gasteiger partial charge in [-0.3, -0.25) is 0 Å². The van der Waals surface area contributed by atoms with Gasteiger partial charge in [0.15, 0.2) is 0 Å². The molecule has 2 aromatic rings. The van der Waals surface area contributed by atoms with E-state index in [4.69, 9.17) is 11.6 Å². The van der Waals surface area contributed by atoms with Crippen LogP contribution >= 0.6 is 54.8 Å². The normalized spacial score (nSPS) is 12.7. The zero-order valence-electron chi connectivity index (χ0n) is 11.3. The molecule has 1 aromatic heterocycles. The van der Waals surface area contributed by atoms with Crippen molar-refractivity contribution in [2.45, 2.75) is 26.3 Å². The van der Waals surface area contributed by atoms with Crippen molar-refractivity contribution in [1.82, 2.24) is 5.32 Å². The van der Waals surface area contributed by atoms with E-state index >= 15 is 0 Å². The minimum atomic E-state index is 0.165. The lowest BCUT2D eigenvalue weighted by Crippen LogP contribution is -2.22. The summed E-state index contributed by atoms with van der Waals surface area (Å²) in [5.74, 6) is 0. The maximum atomic E-state index is 6.16. The number of benzene rings is 1. The number of hydrogen-bond acceptors (Lipinski definition) is 2. The molecule has 108 valence electrons. The lowest BCUT2D eigenvalue weighted by Gasteiger charge is -2.19. The van der Waals surface area contributed by atoms with E-state index in [1.165, 1.54) is 19.8 Å². The molecule has 1 atom stereocenters. The summed E-state index contributed by atoms with van der Waals surface area (Å²) in [5, 5.41) is 4.37. The molecular weight excluding hydrogens is 422 g/mol. The third-order valence-corrected chi connectivity index (χ3v) is 6.19. The van der Waals surface area contributed by atoms with Gasteiger partial charge in [-0.05, 0) is 71.2 Å². The van der Waals surface area contributed by atoms with E-state index < -0.39 is 0 Å². The molecule has 1 aromatic carbocycles. The van der Waals surface area contributed by atoms with Crippen LogP contribution in [0, 0.1) is 6.92 Å². The lowest BCUT2D eigenvalue weighted by atomic mass is 10.0. The van der Waals surface area contributed by atoms with Gasteiger partial charge in [0.05, 0.1) is 9.83 Å². The second-order valence-corrected chi connectivity index (χ2v) is 8.35.